The van der Waals surface area contributed by atoms with E-state index in [1.54, 1.807) is 32.0 Å². The second kappa shape index (κ2) is 14.7. The van der Waals surface area contributed by atoms with Crippen LogP contribution in [0.5, 0.6) is 0 Å². The number of ether oxygens (including phenoxy) is 2. The van der Waals surface area contributed by atoms with Crippen LogP contribution in [0.1, 0.15) is 115 Å². The van der Waals surface area contributed by atoms with E-state index in [1.807, 2.05) is 45.0 Å². The standard InChI is InChI=1S/C36H54FNO6SSi/c1-34(2,3)44-32(39)18-14-11-15-26-19-21-27(22-20-26)33-36(7,8)43-31(38-45(33,40)41)25-28(29-16-12-13-17-30(29)37)23-24-42-46(9,10)35(4,5)6/h12-13,16-17,19-22,28,33H,11,14-15,18,23-25H2,1-10H3/t28-,33?/m1/s1. The van der Waals surface area contributed by atoms with E-state index >= 15 is 4.39 Å². The van der Waals surface area contributed by atoms with Gasteiger partial charge in [-0.3, -0.25) is 4.79 Å². The lowest BCUT2D eigenvalue weighted by molar-refractivity contribution is -0.154. The number of carbonyl (C=O) groups excluding carboxylic acids is 1. The van der Waals surface area contributed by atoms with Crippen molar-refractivity contribution >= 4 is 30.2 Å². The van der Waals surface area contributed by atoms with Crippen LogP contribution >= 0.6 is 0 Å². The highest BCUT2D eigenvalue weighted by molar-refractivity contribution is 7.90. The van der Waals surface area contributed by atoms with Gasteiger partial charge in [0, 0.05) is 19.4 Å². The van der Waals surface area contributed by atoms with E-state index in [0.717, 1.165) is 18.4 Å². The molecule has 3 rings (SSSR count). The summed E-state index contributed by atoms with van der Waals surface area (Å²) in [5.41, 5.74) is 0.542. The summed E-state index contributed by atoms with van der Waals surface area (Å²) in [6.45, 7) is 20.4. The van der Waals surface area contributed by atoms with Gasteiger partial charge in [-0.05, 0) is 107 Å². The van der Waals surface area contributed by atoms with E-state index in [2.05, 4.69) is 38.3 Å². The number of aryl methyl sites for hydroxylation is 1. The first-order valence-electron chi connectivity index (χ1n) is 16.3. The Kier molecular flexibility index (Phi) is 12.1. The smallest absolute Gasteiger partial charge is 0.306 e. The Morgan fingerprint density at radius 1 is 1.02 bits per heavy atom. The average Bonchev–Trinajstić information content (AvgIpc) is 2.88. The van der Waals surface area contributed by atoms with Crippen LogP contribution < -0.4 is 0 Å². The molecule has 1 heterocycles. The Morgan fingerprint density at radius 2 is 1.65 bits per heavy atom. The molecule has 1 aliphatic rings. The van der Waals surface area contributed by atoms with E-state index in [9.17, 15) is 13.2 Å². The molecule has 1 unspecified atom stereocenters. The van der Waals surface area contributed by atoms with Crippen LogP contribution in [-0.2, 0) is 35.1 Å². The zero-order valence-corrected chi connectivity index (χ0v) is 31.2. The number of nitrogens with zero attached hydrogens (tertiary/aromatic N) is 1. The van der Waals surface area contributed by atoms with Crippen LogP contribution in [0.2, 0.25) is 18.1 Å². The zero-order chi connectivity index (χ0) is 34.6. The maximum Gasteiger partial charge on any atom is 0.306 e. The van der Waals surface area contributed by atoms with Crippen molar-refractivity contribution in [1.29, 1.82) is 0 Å². The Hall–Kier alpha value is -2.56. The van der Waals surface area contributed by atoms with Gasteiger partial charge < -0.3 is 13.9 Å². The highest BCUT2D eigenvalue weighted by Crippen LogP contribution is 2.42. The summed E-state index contributed by atoms with van der Waals surface area (Å²) in [4.78, 5) is 12.0. The number of hydrogen-bond acceptors (Lipinski definition) is 6. The van der Waals surface area contributed by atoms with E-state index in [0.29, 0.717) is 37.0 Å². The first-order chi connectivity index (χ1) is 21.1. The molecule has 0 N–H and O–H groups in total. The van der Waals surface area contributed by atoms with Crippen LogP contribution in [0.25, 0.3) is 0 Å². The molecule has 256 valence electrons. The fraction of sp³-hybridized carbons (Fsp3) is 0.611. The van der Waals surface area contributed by atoms with Gasteiger partial charge in [-0.2, -0.15) is 0 Å². The molecule has 2 aromatic rings. The molecule has 1 aliphatic heterocycles. The Labute approximate surface area is 277 Å². The van der Waals surface area contributed by atoms with Crippen LogP contribution in [-0.4, -0.2) is 46.4 Å². The summed E-state index contributed by atoms with van der Waals surface area (Å²) in [7, 11) is -6.03. The normalized spacial score (nSPS) is 18.8. The monoisotopic (exact) mass is 675 g/mol. The molecule has 10 heteroatoms. The molecule has 0 bridgehead atoms. The van der Waals surface area contributed by atoms with E-state index in [-0.39, 0.29) is 35.1 Å². The molecule has 7 nitrogen and oxygen atoms in total. The van der Waals surface area contributed by atoms with Crippen molar-refractivity contribution < 1.29 is 31.5 Å². The van der Waals surface area contributed by atoms with Gasteiger partial charge in [0.2, 0.25) is 5.90 Å². The van der Waals surface area contributed by atoms with Gasteiger partial charge in [0.1, 0.15) is 22.3 Å². The molecule has 0 radical (unpaired) electrons. The number of halogens is 1. The molecule has 0 amide bonds. The van der Waals surface area contributed by atoms with Gasteiger partial charge in [0.05, 0.1) is 0 Å². The maximum atomic E-state index is 15.0. The van der Waals surface area contributed by atoms with Gasteiger partial charge in [-0.15, -0.1) is 4.40 Å². The lowest BCUT2D eigenvalue weighted by Gasteiger charge is -2.38. The average molecular weight is 676 g/mol. The predicted octanol–water partition coefficient (Wildman–Crippen LogP) is 9.04. The van der Waals surface area contributed by atoms with E-state index in [4.69, 9.17) is 13.9 Å². The fourth-order valence-electron chi connectivity index (χ4n) is 5.49. The minimum atomic E-state index is -4.00. The molecule has 0 aromatic heterocycles. The molecular formula is C36H54FNO6SSi. The summed E-state index contributed by atoms with van der Waals surface area (Å²) < 4.78 is 64.6. The lowest BCUT2D eigenvalue weighted by Crippen LogP contribution is -2.43. The van der Waals surface area contributed by atoms with Crippen LogP contribution in [0.3, 0.4) is 0 Å². The number of benzene rings is 2. The summed E-state index contributed by atoms with van der Waals surface area (Å²) in [5.74, 6) is -0.835. The van der Waals surface area contributed by atoms with Crippen molar-refractivity contribution in [3.8, 4) is 0 Å². The van der Waals surface area contributed by atoms with Crippen molar-refractivity contribution in [1.82, 2.24) is 0 Å². The minimum Gasteiger partial charge on any atom is -0.472 e. The second-order valence-electron chi connectivity index (χ2n) is 15.4. The number of hydrogen-bond donors (Lipinski definition) is 0. The maximum absolute atomic E-state index is 15.0. The van der Waals surface area contributed by atoms with Crippen molar-refractivity contribution in [2.45, 2.75) is 134 Å². The van der Waals surface area contributed by atoms with Gasteiger partial charge in [-0.1, -0.05) is 63.2 Å². The zero-order valence-electron chi connectivity index (χ0n) is 29.4. The van der Waals surface area contributed by atoms with E-state index < -0.39 is 34.8 Å². The summed E-state index contributed by atoms with van der Waals surface area (Å²) in [6.07, 6.45) is 3.29. The Bertz CT molecular complexity index is 1470. The quantitative estimate of drug-likeness (QED) is 0.120. The topological polar surface area (TPSA) is 91.3 Å². The fourth-order valence-corrected chi connectivity index (χ4v) is 8.32. The van der Waals surface area contributed by atoms with Crippen molar-refractivity contribution in [2.24, 2.45) is 4.40 Å². The van der Waals surface area contributed by atoms with Gasteiger partial charge in [0.25, 0.3) is 10.0 Å². The highest BCUT2D eigenvalue weighted by atomic mass is 32.2. The number of carbonyl (C=O) groups is 1. The van der Waals surface area contributed by atoms with E-state index in [1.165, 1.54) is 6.07 Å². The second-order valence-corrected chi connectivity index (χ2v) is 21.9. The van der Waals surface area contributed by atoms with Crippen LogP contribution in [0, 0.1) is 5.82 Å². The molecule has 0 spiro atoms. The molecule has 2 aromatic carbocycles. The third-order valence-electron chi connectivity index (χ3n) is 8.84. The first kappa shape index (κ1) is 37.9. The van der Waals surface area contributed by atoms with Crippen LogP contribution in [0.4, 0.5) is 4.39 Å². The number of unbranched alkanes of at least 4 members (excludes halogenated alkanes) is 1. The van der Waals surface area contributed by atoms with Gasteiger partial charge in [0.15, 0.2) is 8.32 Å². The van der Waals surface area contributed by atoms with Crippen molar-refractivity contribution in [3.63, 3.8) is 0 Å². The molecule has 0 aliphatic carbocycles. The lowest BCUT2D eigenvalue weighted by atomic mass is 9.91. The number of rotatable bonds is 13. The summed E-state index contributed by atoms with van der Waals surface area (Å²) >= 11 is 0. The number of esters is 1. The SMILES string of the molecule is CC(C)(C)OC(=O)CCCCc1ccc(C2C(C)(C)OC(C[C@@H](CCO[Si](C)(C)C(C)(C)C)c3ccccc3F)=NS2(=O)=O)cc1. The minimum absolute atomic E-state index is 0.0319. The molecule has 2 atom stereocenters. The molecular weight excluding hydrogens is 622 g/mol. The van der Waals surface area contributed by atoms with Crippen molar-refractivity contribution in [2.75, 3.05) is 6.61 Å². The molecule has 0 saturated heterocycles. The summed E-state index contributed by atoms with van der Waals surface area (Å²) in [6, 6.07) is 14.1. The Balaban J connectivity index is 1.73. The molecule has 46 heavy (non-hydrogen) atoms. The third kappa shape index (κ3) is 10.5. The third-order valence-corrected chi connectivity index (χ3v) is 15.3. The van der Waals surface area contributed by atoms with Gasteiger partial charge in [-0.25, -0.2) is 12.8 Å². The summed E-state index contributed by atoms with van der Waals surface area (Å²) in [5, 5.41) is -0.969. The highest BCUT2D eigenvalue weighted by Gasteiger charge is 2.47. The largest absolute Gasteiger partial charge is 0.472 e. The first-order valence-corrected chi connectivity index (χ1v) is 20.7. The molecule has 0 fully saturated rings. The molecule has 0 saturated carbocycles. The predicted molar refractivity (Wildman–Crippen MR) is 186 cm³/mol. The van der Waals surface area contributed by atoms with Crippen molar-refractivity contribution in [3.05, 3.63) is 71.0 Å². The van der Waals surface area contributed by atoms with Gasteiger partial charge >= 0.3 is 5.97 Å². The number of sulfonamides is 1. The Morgan fingerprint density at radius 3 is 2.22 bits per heavy atom. The van der Waals surface area contributed by atoms with Crippen LogP contribution in [0.15, 0.2) is 52.9 Å².